The van der Waals surface area contributed by atoms with Crippen LogP contribution in [-0.4, -0.2) is 21.6 Å². The van der Waals surface area contributed by atoms with Gasteiger partial charge in [-0.1, -0.05) is 23.4 Å². The second-order valence-electron chi connectivity index (χ2n) is 4.22. The van der Waals surface area contributed by atoms with E-state index in [4.69, 9.17) is 10.5 Å². The van der Waals surface area contributed by atoms with E-state index in [0.29, 0.717) is 18.8 Å². The molecule has 96 valence electrons. The number of nitrogens with zero attached hydrogens (tertiary/aromatic N) is 3. The molecule has 0 amide bonds. The molecule has 1 aromatic heterocycles. The van der Waals surface area contributed by atoms with Crippen molar-refractivity contribution in [3.63, 3.8) is 0 Å². The third kappa shape index (κ3) is 2.49. The van der Waals surface area contributed by atoms with E-state index in [2.05, 4.69) is 10.3 Å². The smallest absolute Gasteiger partial charge is 0.121 e. The van der Waals surface area contributed by atoms with E-state index in [1.165, 1.54) is 0 Å². The molecule has 0 aliphatic heterocycles. The fourth-order valence-corrected chi connectivity index (χ4v) is 1.94. The van der Waals surface area contributed by atoms with Gasteiger partial charge >= 0.3 is 0 Å². The lowest BCUT2D eigenvalue weighted by molar-refractivity contribution is 0.292. The number of para-hydroxylation sites is 1. The largest absolute Gasteiger partial charge is 0.492 e. The summed E-state index contributed by atoms with van der Waals surface area (Å²) in [6, 6.07) is 15.3. The molecular formula is C14H14N4O. The van der Waals surface area contributed by atoms with Gasteiger partial charge in [0.05, 0.1) is 12.1 Å². The topological polar surface area (TPSA) is 66.0 Å². The van der Waals surface area contributed by atoms with Crippen molar-refractivity contribution in [2.75, 3.05) is 12.3 Å². The maximum atomic E-state index is 5.69. The maximum Gasteiger partial charge on any atom is 0.121 e. The van der Waals surface area contributed by atoms with Crippen LogP contribution in [-0.2, 0) is 6.54 Å². The summed E-state index contributed by atoms with van der Waals surface area (Å²) in [6.07, 6.45) is 0. The molecule has 0 unspecified atom stereocenters. The van der Waals surface area contributed by atoms with Crippen LogP contribution in [0, 0.1) is 0 Å². The molecule has 5 heteroatoms. The molecule has 0 radical (unpaired) electrons. The first-order valence-corrected chi connectivity index (χ1v) is 6.09. The molecule has 0 saturated heterocycles. The van der Waals surface area contributed by atoms with Gasteiger partial charge < -0.3 is 10.5 Å². The summed E-state index contributed by atoms with van der Waals surface area (Å²) in [4.78, 5) is 0. The fourth-order valence-electron chi connectivity index (χ4n) is 1.94. The van der Waals surface area contributed by atoms with Crippen LogP contribution in [0.25, 0.3) is 11.0 Å². The highest BCUT2D eigenvalue weighted by atomic mass is 16.5. The lowest BCUT2D eigenvalue weighted by atomic mass is 10.3. The first kappa shape index (κ1) is 11.5. The predicted molar refractivity (Wildman–Crippen MR) is 73.9 cm³/mol. The van der Waals surface area contributed by atoms with E-state index in [-0.39, 0.29) is 0 Å². The van der Waals surface area contributed by atoms with Crippen molar-refractivity contribution in [3.05, 3.63) is 48.5 Å². The summed E-state index contributed by atoms with van der Waals surface area (Å²) < 4.78 is 7.48. The average Bonchev–Trinajstić information content (AvgIpc) is 2.83. The number of fused-ring (bicyclic) bond motifs is 1. The van der Waals surface area contributed by atoms with Gasteiger partial charge in [-0.05, 0) is 24.3 Å². The minimum Gasteiger partial charge on any atom is -0.492 e. The molecule has 0 atom stereocenters. The van der Waals surface area contributed by atoms with Gasteiger partial charge in [0.25, 0.3) is 0 Å². The average molecular weight is 254 g/mol. The van der Waals surface area contributed by atoms with Crippen LogP contribution in [0.5, 0.6) is 5.75 Å². The Kier molecular flexibility index (Phi) is 3.02. The van der Waals surface area contributed by atoms with Crippen molar-refractivity contribution < 1.29 is 4.74 Å². The van der Waals surface area contributed by atoms with Gasteiger partial charge in [-0.3, -0.25) is 0 Å². The number of hydrogen-bond donors (Lipinski definition) is 1. The zero-order valence-corrected chi connectivity index (χ0v) is 10.4. The van der Waals surface area contributed by atoms with E-state index in [9.17, 15) is 0 Å². The summed E-state index contributed by atoms with van der Waals surface area (Å²) in [7, 11) is 0. The Hall–Kier alpha value is -2.56. The Balaban J connectivity index is 1.66. The van der Waals surface area contributed by atoms with Gasteiger partial charge in [-0.15, -0.1) is 5.10 Å². The molecule has 1 heterocycles. The molecular weight excluding hydrogens is 240 g/mol. The predicted octanol–water partition coefficient (Wildman–Crippen LogP) is 2.09. The highest BCUT2D eigenvalue weighted by molar-refractivity contribution is 5.73. The van der Waals surface area contributed by atoms with Crippen LogP contribution in [0.4, 0.5) is 5.69 Å². The number of hydrogen-bond acceptors (Lipinski definition) is 4. The van der Waals surface area contributed by atoms with Gasteiger partial charge in [0.1, 0.15) is 17.9 Å². The second-order valence-corrected chi connectivity index (χ2v) is 4.22. The summed E-state index contributed by atoms with van der Waals surface area (Å²) in [5.74, 6) is 0.768. The number of aromatic nitrogens is 3. The monoisotopic (exact) mass is 254 g/mol. The first-order valence-electron chi connectivity index (χ1n) is 6.09. The van der Waals surface area contributed by atoms with E-state index in [0.717, 1.165) is 16.8 Å². The molecule has 0 bridgehead atoms. The second kappa shape index (κ2) is 4.97. The molecule has 2 N–H and O–H groups in total. The van der Waals surface area contributed by atoms with E-state index >= 15 is 0 Å². The van der Waals surface area contributed by atoms with Gasteiger partial charge in [0, 0.05) is 11.8 Å². The molecule has 0 saturated carbocycles. The molecule has 3 rings (SSSR count). The van der Waals surface area contributed by atoms with Crippen LogP contribution in [0.3, 0.4) is 0 Å². The van der Waals surface area contributed by atoms with Crippen LogP contribution in [0.2, 0.25) is 0 Å². The normalized spacial score (nSPS) is 10.7. The number of ether oxygens (including phenoxy) is 1. The van der Waals surface area contributed by atoms with E-state index < -0.39 is 0 Å². The molecule has 0 aliphatic rings. The van der Waals surface area contributed by atoms with Crippen LogP contribution < -0.4 is 10.5 Å². The van der Waals surface area contributed by atoms with Crippen molar-refractivity contribution in [1.29, 1.82) is 0 Å². The van der Waals surface area contributed by atoms with Gasteiger partial charge in [-0.25, -0.2) is 4.68 Å². The Bertz CT molecular complexity index is 692. The fraction of sp³-hybridized carbons (Fsp3) is 0.143. The SMILES string of the molecule is Nc1cccc(OCCn2nnc3ccccc32)c1. The van der Waals surface area contributed by atoms with Crippen molar-refractivity contribution in [2.24, 2.45) is 0 Å². The zero-order valence-electron chi connectivity index (χ0n) is 10.4. The van der Waals surface area contributed by atoms with Crippen LogP contribution >= 0.6 is 0 Å². The molecule has 0 spiro atoms. The summed E-state index contributed by atoms with van der Waals surface area (Å²) in [5.41, 5.74) is 8.30. The first-order chi connectivity index (χ1) is 9.33. The molecule has 0 fully saturated rings. The van der Waals surface area contributed by atoms with Crippen molar-refractivity contribution in [2.45, 2.75) is 6.54 Å². The van der Waals surface area contributed by atoms with Gasteiger partial charge in [0.15, 0.2) is 0 Å². The molecule has 0 aliphatic carbocycles. The molecule has 19 heavy (non-hydrogen) atoms. The number of benzene rings is 2. The number of nitrogen functional groups attached to an aromatic ring is 1. The van der Waals surface area contributed by atoms with Crippen molar-refractivity contribution in [3.8, 4) is 5.75 Å². The summed E-state index contributed by atoms with van der Waals surface area (Å²) in [5, 5.41) is 8.20. The van der Waals surface area contributed by atoms with Crippen LogP contribution in [0.1, 0.15) is 0 Å². The highest BCUT2D eigenvalue weighted by Gasteiger charge is 2.03. The highest BCUT2D eigenvalue weighted by Crippen LogP contribution is 2.15. The minimum absolute atomic E-state index is 0.525. The number of nitrogens with two attached hydrogens (primary N) is 1. The van der Waals surface area contributed by atoms with Crippen molar-refractivity contribution >= 4 is 16.7 Å². The number of rotatable bonds is 4. The molecule has 5 nitrogen and oxygen atoms in total. The lowest BCUT2D eigenvalue weighted by Crippen LogP contribution is -2.09. The molecule has 2 aromatic carbocycles. The Morgan fingerprint density at radius 2 is 2.00 bits per heavy atom. The van der Waals surface area contributed by atoms with E-state index in [1.54, 1.807) is 6.07 Å². The minimum atomic E-state index is 0.525. The van der Waals surface area contributed by atoms with Crippen LogP contribution in [0.15, 0.2) is 48.5 Å². The van der Waals surface area contributed by atoms with Gasteiger partial charge in [-0.2, -0.15) is 0 Å². The standard InChI is InChI=1S/C14H14N4O/c15-11-4-3-5-12(10-11)19-9-8-18-14-7-2-1-6-13(14)16-17-18/h1-7,10H,8-9,15H2. The van der Waals surface area contributed by atoms with Crippen molar-refractivity contribution in [1.82, 2.24) is 15.0 Å². The lowest BCUT2D eigenvalue weighted by Gasteiger charge is -2.07. The summed E-state index contributed by atoms with van der Waals surface area (Å²) >= 11 is 0. The third-order valence-corrected chi connectivity index (χ3v) is 2.85. The molecule has 3 aromatic rings. The van der Waals surface area contributed by atoms with Gasteiger partial charge in [0.2, 0.25) is 0 Å². The van der Waals surface area contributed by atoms with E-state index in [1.807, 2.05) is 47.1 Å². The Labute approximate surface area is 110 Å². The maximum absolute atomic E-state index is 5.69. The number of anilines is 1. The quantitative estimate of drug-likeness (QED) is 0.724. The third-order valence-electron chi connectivity index (χ3n) is 2.85. The Morgan fingerprint density at radius 1 is 1.11 bits per heavy atom. The summed E-state index contributed by atoms with van der Waals surface area (Å²) in [6.45, 7) is 1.17. The zero-order chi connectivity index (χ0) is 13.1. The Morgan fingerprint density at radius 3 is 2.89 bits per heavy atom.